The maximum absolute atomic E-state index is 12.7. The molecule has 0 spiro atoms. The molecule has 3 aromatic heterocycles. The van der Waals surface area contributed by atoms with Gasteiger partial charge in [-0.05, 0) is 25.0 Å². The fourth-order valence-electron chi connectivity index (χ4n) is 4.19. The quantitative estimate of drug-likeness (QED) is 0.300. The third-order valence-corrected chi connectivity index (χ3v) is 6.18. The number of nitrogens with one attached hydrogen (secondary N) is 2. The molecule has 0 unspecified atom stereocenters. The number of hydrogen-bond acceptors (Lipinski definition) is 9. The molecule has 11 heteroatoms. The molecule has 1 aliphatic rings. The maximum atomic E-state index is 12.7. The number of hydrogen-bond donors (Lipinski definition) is 3. The molecule has 3 N–H and O–H groups in total. The number of methoxy groups -OCH3 is 1. The van der Waals surface area contributed by atoms with Crippen molar-refractivity contribution in [3.05, 3.63) is 54.6 Å². The van der Waals surface area contributed by atoms with E-state index in [0.717, 1.165) is 5.56 Å². The number of benzene rings is 1. The van der Waals surface area contributed by atoms with Crippen molar-refractivity contribution in [3.63, 3.8) is 0 Å². The van der Waals surface area contributed by atoms with E-state index in [1.54, 1.807) is 37.4 Å². The van der Waals surface area contributed by atoms with Crippen molar-refractivity contribution in [2.45, 2.75) is 38.3 Å². The van der Waals surface area contributed by atoms with E-state index in [2.05, 4.69) is 30.8 Å². The van der Waals surface area contributed by atoms with Gasteiger partial charge in [0.05, 0.1) is 41.8 Å². The van der Waals surface area contributed by atoms with Crippen LogP contribution in [0.1, 0.15) is 42.6 Å². The SMILES string of the molecule is CCC(=O)c1cnc(Nc2ccn([C@H]3C[C@@H](O)C3)n2)cc1Nc1cccc(-c2ncn(C)n2)c1OC. The summed E-state index contributed by atoms with van der Waals surface area (Å²) in [6.07, 6.45) is 6.57. The lowest BCUT2D eigenvalue weighted by molar-refractivity contribution is 0.0435. The summed E-state index contributed by atoms with van der Waals surface area (Å²) in [4.78, 5) is 21.5. The highest BCUT2D eigenvalue weighted by atomic mass is 16.5. The van der Waals surface area contributed by atoms with Crippen LogP contribution in [0.3, 0.4) is 0 Å². The Morgan fingerprint density at radius 3 is 2.67 bits per heavy atom. The molecule has 1 aliphatic carbocycles. The van der Waals surface area contributed by atoms with E-state index < -0.39 is 0 Å². The van der Waals surface area contributed by atoms with Crippen molar-refractivity contribution >= 4 is 28.8 Å². The summed E-state index contributed by atoms with van der Waals surface area (Å²) in [5, 5.41) is 25.1. The fraction of sp³-hybridized carbons (Fsp3) is 0.320. The molecule has 3 heterocycles. The first-order valence-electron chi connectivity index (χ1n) is 11.8. The van der Waals surface area contributed by atoms with Gasteiger partial charge in [0.15, 0.2) is 23.2 Å². The second kappa shape index (κ2) is 9.78. The van der Waals surface area contributed by atoms with Crippen molar-refractivity contribution in [1.82, 2.24) is 29.5 Å². The minimum Gasteiger partial charge on any atom is -0.494 e. The van der Waals surface area contributed by atoms with E-state index >= 15 is 0 Å². The summed E-state index contributed by atoms with van der Waals surface area (Å²) < 4.78 is 9.19. The van der Waals surface area contributed by atoms with Crippen LogP contribution in [0, 0.1) is 0 Å². The average Bonchev–Trinajstić information content (AvgIpc) is 3.50. The molecule has 1 fully saturated rings. The Kier molecular flexibility index (Phi) is 6.38. The van der Waals surface area contributed by atoms with Gasteiger partial charge in [0.1, 0.15) is 12.1 Å². The number of carbonyl (C=O) groups is 1. The van der Waals surface area contributed by atoms with Gasteiger partial charge in [-0.25, -0.2) is 9.97 Å². The molecule has 5 rings (SSSR count). The van der Waals surface area contributed by atoms with Gasteiger partial charge in [-0.2, -0.15) is 10.2 Å². The predicted octanol–water partition coefficient (Wildman–Crippen LogP) is 3.86. The third-order valence-electron chi connectivity index (χ3n) is 6.18. The number of carbonyl (C=O) groups excluding carboxylic acids is 1. The van der Waals surface area contributed by atoms with Gasteiger partial charge in [-0.1, -0.05) is 13.0 Å². The molecule has 0 aliphatic heterocycles. The van der Waals surface area contributed by atoms with Gasteiger partial charge in [0.2, 0.25) is 0 Å². The van der Waals surface area contributed by atoms with E-state index in [0.29, 0.717) is 59.4 Å². The average molecular weight is 489 g/mol. The number of nitrogens with zero attached hydrogens (tertiary/aromatic N) is 6. The minimum atomic E-state index is -0.251. The number of anilines is 4. The molecule has 0 bridgehead atoms. The van der Waals surface area contributed by atoms with E-state index in [9.17, 15) is 9.90 Å². The molecule has 1 saturated carbocycles. The first-order chi connectivity index (χ1) is 17.4. The zero-order chi connectivity index (χ0) is 25.2. The lowest BCUT2D eigenvalue weighted by Gasteiger charge is -2.31. The highest BCUT2D eigenvalue weighted by Crippen LogP contribution is 2.38. The molecule has 0 saturated heterocycles. The molecular weight excluding hydrogens is 460 g/mol. The van der Waals surface area contributed by atoms with Gasteiger partial charge in [-0.15, -0.1) is 0 Å². The number of Topliss-reactive ketones (excluding diaryl/α,β-unsaturated/α-hetero) is 1. The summed E-state index contributed by atoms with van der Waals surface area (Å²) in [5.41, 5.74) is 2.45. The summed E-state index contributed by atoms with van der Waals surface area (Å²) in [6.45, 7) is 1.82. The van der Waals surface area contributed by atoms with Gasteiger partial charge in [-0.3, -0.25) is 14.2 Å². The van der Waals surface area contributed by atoms with Crippen LogP contribution in [0.25, 0.3) is 11.4 Å². The molecule has 1 aromatic carbocycles. The Labute approximate surface area is 208 Å². The second-order valence-corrected chi connectivity index (χ2v) is 8.73. The Hall–Kier alpha value is -4.25. The molecule has 0 amide bonds. The van der Waals surface area contributed by atoms with Gasteiger partial charge in [0.25, 0.3) is 0 Å². The van der Waals surface area contributed by atoms with Gasteiger partial charge in [0, 0.05) is 38.0 Å². The van der Waals surface area contributed by atoms with Crippen molar-refractivity contribution in [1.29, 1.82) is 0 Å². The Bertz CT molecular complexity index is 1390. The monoisotopic (exact) mass is 488 g/mol. The normalized spacial score (nSPS) is 16.9. The maximum Gasteiger partial charge on any atom is 0.184 e. The van der Waals surface area contributed by atoms with Crippen LogP contribution < -0.4 is 15.4 Å². The van der Waals surface area contributed by atoms with E-state index in [1.807, 2.05) is 42.1 Å². The van der Waals surface area contributed by atoms with Crippen LogP contribution in [-0.2, 0) is 7.05 Å². The zero-order valence-corrected chi connectivity index (χ0v) is 20.3. The summed E-state index contributed by atoms with van der Waals surface area (Å²) in [6, 6.07) is 9.47. The molecule has 0 atom stereocenters. The van der Waals surface area contributed by atoms with E-state index in [-0.39, 0.29) is 17.9 Å². The number of pyridine rings is 1. The minimum absolute atomic E-state index is 0.0362. The molecular formula is C25H28N8O3. The van der Waals surface area contributed by atoms with Crippen LogP contribution in [0.15, 0.2) is 49.1 Å². The Morgan fingerprint density at radius 1 is 1.14 bits per heavy atom. The van der Waals surface area contributed by atoms with Crippen LogP contribution in [0.5, 0.6) is 5.75 Å². The van der Waals surface area contributed by atoms with Crippen molar-refractivity contribution < 1.29 is 14.6 Å². The number of aliphatic hydroxyl groups excluding tert-OH is 1. The summed E-state index contributed by atoms with van der Waals surface area (Å²) in [5.74, 6) is 2.22. The van der Waals surface area contributed by atoms with Crippen LogP contribution in [0.2, 0.25) is 0 Å². The highest BCUT2D eigenvalue weighted by molar-refractivity contribution is 6.02. The van der Waals surface area contributed by atoms with Crippen molar-refractivity contribution in [2.24, 2.45) is 7.05 Å². The second-order valence-electron chi connectivity index (χ2n) is 8.73. The molecule has 36 heavy (non-hydrogen) atoms. The fourth-order valence-corrected chi connectivity index (χ4v) is 4.19. The van der Waals surface area contributed by atoms with E-state index in [4.69, 9.17) is 4.74 Å². The zero-order valence-electron chi connectivity index (χ0n) is 20.3. The Morgan fingerprint density at radius 2 is 1.97 bits per heavy atom. The first kappa shape index (κ1) is 23.5. The van der Waals surface area contributed by atoms with Crippen molar-refractivity contribution in [3.8, 4) is 17.1 Å². The van der Waals surface area contributed by atoms with Crippen LogP contribution in [-0.4, -0.2) is 53.6 Å². The standard InChI is InChI=1S/C25H28N8O3/c1-4-21(35)18-13-26-23(29-22-8-9-33(30-22)15-10-16(34)11-15)12-20(18)28-19-7-5-6-17(24(19)36-3)25-27-14-32(2)31-25/h5-9,12-16,34H,4,10-11H2,1-3H3,(H2,26,28,29,30)/t15-,16+. The molecule has 0 radical (unpaired) electrons. The smallest absolute Gasteiger partial charge is 0.184 e. The first-order valence-corrected chi connectivity index (χ1v) is 11.8. The summed E-state index contributed by atoms with van der Waals surface area (Å²) in [7, 11) is 3.39. The van der Waals surface area contributed by atoms with Crippen molar-refractivity contribution in [2.75, 3.05) is 17.7 Å². The van der Waals surface area contributed by atoms with Gasteiger partial charge >= 0.3 is 0 Å². The molecule has 11 nitrogen and oxygen atoms in total. The van der Waals surface area contributed by atoms with Crippen LogP contribution in [0.4, 0.5) is 23.0 Å². The lowest BCUT2D eigenvalue weighted by atomic mass is 9.90. The number of rotatable bonds is 9. The number of aliphatic hydroxyl groups is 1. The molecule has 186 valence electrons. The number of ketones is 1. The number of aryl methyl sites for hydroxylation is 1. The Balaban J connectivity index is 1.45. The molecule has 4 aromatic rings. The highest BCUT2D eigenvalue weighted by Gasteiger charge is 2.29. The topological polar surface area (TPSA) is 132 Å². The van der Waals surface area contributed by atoms with E-state index in [1.165, 1.54) is 0 Å². The number of aromatic nitrogens is 6. The summed E-state index contributed by atoms with van der Waals surface area (Å²) >= 11 is 0. The number of ether oxygens (including phenoxy) is 1. The lowest BCUT2D eigenvalue weighted by Crippen LogP contribution is -2.31. The predicted molar refractivity (Wildman–Crippen MR) is 135 cm³/mol. The third kappa shape index (κ3) is 4.65. The van der Waals surface area contributed by atoms with Gasteiger partial charge < -0.3 is 20.5 Å². The van der Waals surface area contributed by atoms with Crippen LogP contribution >= 0.6 is 0 Å². The number of para-hydroxylation sites is 1. The largest absolute Gasteiger partial charge is 0.494 e.